The molecule has 0 amide bonds. The second kappa shape index (κ2) is 5.05. The van der Waals surface area contributed by atoms with Crippen molar-refractivity contribution in [3.05, 3.63) is 41.4 Å². The molecule has 0 spiro atoms. The maximum absolute atomic E-state index is 11.8. The van der Waals surface area contributed by atoms with Crippen LogP contribution in [0.4, 0.5) is 5.69 Å². The van der Waals surface area contributed by atoms with E-state index in [1.165, 1.54) is 13.0 Å². The standard InChI is InChI=1S/C13H12BrNO4/c1-3-13(2)18-11(16)10(12(17)19-13)15-9-6-4-8(14)5-7-9/h3-7,10,15H,1H2,2H3. The van der Waals surface area contributed by atoms with E-state index < -0.39 is 23.8 Å². The molecule has 1 aliphatic heterocycles. The lowest BCUT2D eigenvalue weighted by molar-refractivity contribution is -0.223. The summed E-state index contributed by atoms with van der Waals surface area (Å²) in [6.45, 7) is 4.91. The Morgan fingerprint density at radius 2 is 1.79 bits per heavy atom. The van der Waals surface area contributed by atoms with Gasteiger partial charge in [-0.25, -0.2) is 9.59 Å². The van der Waals surface area contributed by atoms with Crippen molar-refractivity contribution in [3.63, 3.8) is 0 Å². The van der Waals surface area contributed by atoms with Gasteiger partial charge in [-0.1, -0.05) is 22.5 Å². The molecule has 1 fully saturated rings. The monoisotopic (exact) mass is 325 g/mol. The van der Waals surface area contributed by atoms with E-state index in [4.69, 9.17) is 9.47 Å². The SMILES string of the molecule is C=CC1(C)OC(=O)C(Nc2ccc(Br)cc2)C(=O)O1. The first-order valence-electron chi connectivity index (χ1n) is 5.55. The number of hydrogen-bond donors (Lipinski definition) is 1. The summed E-state index contributed by atoms with van der Waals surface area (Å²) < 4.78 is 11.0. The maximum Gasteiger partial charge on any atom is 0.343 e. The van der Waals surface area contributed by atoms with E-state index in [0.29, 0.717) is 5.69 Å². The van der Waals surface area contributed by atoms with Crippen LogP contribution in [0.25, 0.3) is 0 Å². The van der Waals surface area contributed by atoms with Crippen LogP contribution < -0.4 is 5.32 Å². The zero-order valence-corrected chi connectivity index (χ0v) is 11.8. The first kappa shape index (κ1) is 13.6. The van der Waals surface area contributed by atoms with Gasteiger partial charge in [-0.15, -0.1) is 0 Å². The van der Waals surface area contributed by atoms with E-state index in [2.05, 4.69) is 27.8 Å². The second-order valence-electron chi connectivity index (χ2n) is 4.15. The van der Waals surface area contributed by atoms with Gasteiger partial charge in [0, 0.05) is 17.1 Å². The molecule has 0 saturated carbocycles. The number of carbonyl (C=O) groups is 2. The highest BCUT2D eigenvalue weighted by Gasteiger charge is 2.44. The number of hydrogen-bond acceptors (Lipinski definition) is 5. The van der Waals surface area contributed by atoms with E-state index in [1.54, 1.807) is 24.3 Å². The van der Waals surface area contributed by atoms with Crippen LogP contribution in [-0.4, -0.2) is 23.8 Å². The molecule has 0 aliphatic carbocycles. The third-order valence-electron chi connectivity index (χ3n) is 2.60. The number of ether oxygens (including phenoxy) is 2. The molecule has 1 saturated heterocycles. The van der Waals surface area contributed by atoms with Crippen molar-refractivity contribution in [2.24, 2.45) is 0 Å². The van der Waals surface area contributed by atoms with Gasteiger partial charge in [0.15, 0.2) is 0 Å². The van der Waals surface area contributed by atoms with Gasteiger partial charge in [0.1, 0.15) is 0 Å². The molecule has 1 aliphatic rings. The summed E-state index contributed by atoms with van der Waals surface area (Å²) in [5.41, 5.74) is 0.615. The van der Waals surface area contributed by atoms with Crippen LogP contribution in [-0.2, 0) is 19.1 Å². The fourth-order valence-electron chi connectivity index (χ4n) is 1.55. The highest BCUT2D eigenvalue weighted by atomic mass is 79.9. The molecule has 0 aromatic heterocycles. The summed E-state index contributed by atoms with van der Waals surface area (Å²) in [5.74, 6) is -2.78. The molecule has 19 heavy (non-hydrogen) atoms. The van der Waals surface area contributed by atoms with Gasteiger partial charge >= 0.3 is 11.9 Å². The van der Waals surface area contributed by atoms with Crippen LogP contribution in [0, 0.1) is 0 Å². The maximum atomic E-state index is 11.8. The van der Waals surface area contributed by atoms with Crippen molar-refractivity contribution >= 4 is 33.6 Å². The summed E-state index contributed by atoms with van der Waals surface area (Å²) in [7, 11) is 0. The van der Waals surface area contributed by atoms with Crippen molar-refractivity contribution in [1.82, 2.24) is 0 Å². The molecule has 5 nitrogen and oxygen atoms in total. The lowest BCUT2D eigenvalue weighted by atomic mass is 10.2. The molecule has 1 N–H and O–H groups in total. The number of rotatable bonds is 3. The number of esters is 2. The van der Waals surface area contributed by atoms with Crippen LogP contribution in [0.1, 0.15) is 6.92 Å². The Morgan fingerprint density at radius 3 is 2.26 bits per heavy atom. The summed E-state index contributed by atoms with van der Waals surface area (Å²) in [5, 5.41) is 2.77. The van der Waals surface area contributed by atoms with E-state index in [1.807, 2.05) is 0 Å². The second-order valence-corrected chi connectivity index (χ2v) is 5.06. The molecule has 1 aromatic carbocycles. The fourth-order valence-corrected chi connectivity index (χ4v) is 1.81. The van der Waals surface area contributed by atoms with Crippen molar-refractivity contribution in [2.45, 2.75) is 18.8 Å². The van der Waals surface area contributed by atoms with E-state index in [0.717, 1.165) is 4.47 Å². The van der Waals surface area contributed by atoms with E-state index >= 15 is 0 Å². The average Bonchev–Trinajstić information content (AvgIpc) is 2.36. The minimum absolute atomic E-state index is 0.615. The molecule has 0 radical (unpaired) electrons. The zero-order chi connectivity index (χ0) is 14.0. The molecule has 6 heteroatoms. The predicted molar refractivity (Wildman–Crippen MR) is 72.3 cm³/mol. The number of anilines is 1. The van der Waals surface area contributed by atoms with Crippen LogP contribution >= 0.6 is 15.9 Å². The molecule has 0 unspecified atom stereocenters. The number of halogens is 1. The zero-order valence-electron chi connectivity index (χ0n) is 10.2. The summed E-state index contributed by atoms with van der Waals surface area (Å²) in [4.78, 5) is 23.6. The Morgan fingerprint density at radius 1 is 1.26 bits per heavy atom. The van der Waals surface area contributed by atoms with Crippen molar-refractivity contribution in [1.29, 1.82) is 0 Å². The molecule has 2 rings (SSSR count). The first-order chi connectivity index (χ1) is 8.93. The number of cyclic esters (lactones) is 2. The number of nitrogens with one attached hydrogen (secondary N) is 1. The first-order valence-corrected chi connectivity index (χ1v) is 6.34. The van der Waals surface area contributed by atoms with Gasteiger partial charge in [0.2, 0.25) is 6.04 Å². The summed E-state index contributed by atoms with van der Waals surface area (Å²) >= 11 is 3.30. The number of benzene rings is 1. The summed E-state index contributed by atoms with van der Waals surface area (Å²) in [6, 6.07) is 5.86. The number of carbonyl (C=O) groups excluding carboxylic acids is 2. The van der Waals surface area contributed by atoms with Crippen molar-refractivity contribution in [2.75, 3.05) is 5.32 Å². The highest BCUT2D eigenvalue weighted by Crippen LogP contribution is 2.23. The van der Waals surface area contributed by atoms with E-state index in [-0.39, 0.29) is 0 Å². The molecular weight excluding hydrogens is 314 g/mol. The van der Waals surface area contributed by atoms with Gasteiger partial charge in [-0.2, -0.15) is 0 Å². The summed E-state index contributed by atoms with van der Waals surface area (Å²) in [6.07, 6.45) is 1.26. The Balaban J connectivity index is 2.13. The molecule has 1 aromatic rings. The third kappa shape index (κ3) is 2.96. The van der Waals surface area contributed by atoms with Gasteiger partial charge in [0.25, 0.3) is 5.79 Å². The normalized spacial score (nSPS) is 26.3. The Labute approximate surface area is 118 Å². The molecule has 100 valence electrons. The molecule has 0 atom stereocenters. The molecular formula is C13H12BrNO4. The van der Waals surface area contributed by atoms with Crippen LogP contribution in [0.3, 0.4) is 0 Å². The van der Waals surface area contributed by atoms with Gasteiger partial charge in [0.05, 0.1) is 0 Å². The molecule has 0 bridgehead atoms. The van der Waals surface area contributed by atoms with Gasteiger partial charge < -0.3 is 14.8 Å². The average molecular weight is 326 g/mol. The van der Waals surface area contributed by atoms with Crippen molar-refractivity contribution in [3.8, 4) is 0 Å². The lowest BCUT2D eigenvalue weighted by Gasteiger charge is -2.33. The Bertz CT molecular complexity index is 508. The smallest absolute Gasteiger partial charge is 0.343 e. The van der Waals surface area contributed by atoms with Crippen LogP contribution in [0.15, 0.2) is 41.4 Å². The Kier molecular flexibility index (Phi) is 3.61. The molecule has 1 heterocycles. The largest absolute Gasteiger partial charge is 0.417 e. The topological polar surface area (TPSA) is 64.6 Å². The minimum atomic E-state index is -1.40. The van der Waals surface area contributed by atoms with Crippen molar-refractivity contribution < 1.29 is 19.1 Å². The lowest BCUT2D eigenvalue weighted by Crippen LogP contribution is -2.53. The Hall–Kier alpha value is -1.82. The minimum Gasteiger partial charge on any atom is -0.417 e. The van der Waals surface area contributed by atoms with Gasteiger partial charge in [-0.3, -0.25) is 0 Å². The van der Waals surface area contributed by atoms with Crippen LogP contribution in [0.2, 0.25) is 0 Å². The fraction of sp³-hybridized carbons (Fsp3) is 0.231. The van der Waals surface area contributed by atoms with Gasteiger partial charge in [-0.05, 0) is 30.3 Å². The third-order valence-corrected chi connectivity index (χ3v) is 3.13. The quantitative estimate of drug-likeness (QED) is 0.524. The van der Waals surface area contributed by atoms with Crippen LogP contribution in [0.5, 0.6) is 0 Å². The highest BCUT2D eigenvalue weighted by molar-refractivity contribution is 9.10. The predicted octanol–water partition coefficient (Wildman–Crippen LogP) is 2.23. The van der Waals surface area contributed by atoms with E-state index in [9.17, 15) is 9.59 Å².